The summed E-state index contributed by atoms with van der Waals surface area (Å²) in [5.41, 5.74) is 3.30. The van der Waals surface area contributed by atoms with E-state index in [2.05, 4.69) is 22.0 Å². The molecule has 0 atom stereocenters. The van der Waals surface area contributed by atoms with Crippen LogP contribution in [0.25, 0.3) is 0 Å². The lowest BCUT2D eigenvalue weighted by Crippen LogP contribution is -2.43. The number of aromatic carboxylic acids is 1. The molecule has 4 aromatic carbocycles. The fourth-order valence-corrected chi connectivity index (χ4v) is 8.57. The van der Waals surface area contributed by atoms with Gasteiger partial charge in [-0.25, -0.2) is 26.4 Å². The summed E-state index contributed by atoms with van der Waals surface area (Å²) in [4.78, 5) is 26.6. The summed E-state index contributed by atoms with van der Waals surface area (Å²) in [6.45, 7) is 0.153. The van der Waals surface area contributed by atoms with E-state index in [0.717, 1.165) is 42.4 Å². The summed E-state index contributed by atoms with van der Waals surface area (Å²) in [5, 5.41) is 19.4. The molecule has 4 aromatic rings. The number of carbonyl (C=O) groups is 2. The van der Waals surface area contributed by atoms with Gasteiger partial charge in [0.25, 0.3) is 0 Å². The molecule has 0 bridgehead atoms. The largest absolute Gasteiger partial charge is 0.492 e. The second-order valence-electron chi connectivity index (χ2n) is 12.8. The van der Waals surface area contributed by atoms with Crippen molar-refractivity contribution in [3.63, 3.8) is 0 Å². The number of ether oxygens (including phenoxy) is 1. The molecule has 1 N–H and O–H groups in total. The molecule has 2 aliphatic rings. The summed E-state index contributed by atoms with van der Waals surface area (Å²) in [5.74, 6) is -6.86. The minimum absolute atomic E-state index is 0.0511. The van der Waals surface area contributed by atoms with Crippen LogP contribution in [-0.2, 0) is 27.9 Å². The van der Waals surface area contributed by atoms with Crippen molar-refractivity contribution in [3.8, 4) is 11.8 Å². The van der Waals surface area contributed by atoms with E-state index in [1.165, 1.54) is 35.2 Å². The number of rotatable bonds is 14. The van der Waals surface area contributed by atoms with Crippen LogP contribution in [0, 0.1) is 28.8 Å². The molecule has 0 unspecified atom stereocenters. The summed E-state index contributed by atoms with van der Waals surface area (Å²) < 4.78 is 78.3. The zero-order valence-electron chi connectivity index (χ0n) is 27.9. The second kappa shape index (κ2) is 15.1. The van der Waals surface area contributed by atoms with Crippen molar-refractivity contribution in [1.82, 2.24) is 4.31 Å². The van der Waals surface area contributed by atoms with Gasteiger partial charge in [0.15, 0.2) is 17.5 Å². The molecule has 270 valence electrons. The van der Waals surface area contributed by atoms with Crippen molar-refractivity contribution in [2.45, 2.75) is 62.4 Å². The van der Waals surface area contributed by atoms with Gasteiger partial charge < -0.3 is 14.7 Å². The molecule has 0 heterocycles. The van der Waals surface area contributed by atoms with Crippen LogP contribution in [0.3, 0.4) is 0 Å². The number of hydrogen-bond donors (Lipinski definition) is 1. The van der Waals surface area contributed by atoms with Crippen LogP contribution >= 0.6 is 15.9 Å². The number of carboxylic acid groups (broad SMARTS) is 1. The number of benzene rings is 4. The third-order valence-electron chi connectivity index (χ3n) is 9.04. The average Bonchev–Trinajstić information content (AvgIpc) is 4.03. The molecule has 0 aliphatic heterocycles. The van der Waals surface area contributed by atoms with E-state index >= 15 is 4.39 Å². The number of hydrogen-bond acceptors (Lipinski definition) is 6. The van der Waals surface area contributed by atoms with Crippen LogP contribution in [0.1, 0.15) is 82.6 Å². The number of anilines is 1. The Bertz CT molecular complexity index is 2190. The van der Waals surface area contributed by atoms with Gasteiger partial charge >= 0.3 is 5.97 Å². The number of carboxylic acids is 1. The Hall–Kier alpha value is -4.71. The van der Waals surface area contributed by atoms with Gasteiger partial charge in [-0.1, -0.05) is 36.4 Å². The molecule has 2 fully saturated rings. The smallest absolute Gasteiger partial charge is 0.335 e. The van der Waals surface area contributed by atoms with Gasteiger partial charge in [0, 0.05) is 11.0 Å². The van der Waals surface area contributed by atoms with Gasteiger partial charge in [0.2, 0.25) is 15.9 Å². The van der Waals surface area contributed by atoms with E-state index in [4.69, 9.17) is 4.74 Å². The zero-order valence-corrected chi connectivity index (χ0v) is 30.3. The molecule has 52 heavy (non-hydrogen) atoms. The maximum absolute atomic E-state index is 15.3. The van der Waals surface area contributed by atoms with Crippen LogP contribution in [0.5, 0.6) is 5.75 Å². The monoisotopic (exact) mass is 795 g/mol. The molecular formula is C38H33BrF3N3O6S. The predicted octanol–water partition coefficient (Wildman–Crippen LogP) is 8.01. The molecule has 2 aliphatic carbocycles. The lowest BCUT2D eigenvalue weighted by Gasteiger charge is -2.29. The number of sulfonamides is 1. The Labute approximate surface area is 307 Å². The first-order valence-corrected chi connectivity index (χ1v) is 18.8. The summed E-state index contributed by atoms with van der Waals surface area (Å²) in [6.07, 6.45) is 4.14. The topological polar surface area (TPSA) is 128 Å². The molecule has 0 spiro atoms. The Morgan fingerprint density at radius 2 is 1.60 bits per heavy atom. The SMILES string of the molecule is CCOc1cc(C(=O)O)ccc1N(Cc1cc(C2CC2)cc(C2CC2)c1)C(=O)CN(Cc1ccccc1C#N)S(=O)(=O)c1c(Br)cc(F)c(F)c1F. The maximum Gasteiger partial charge on any atom is 0.335 e. The Kier molecular flexibility index (Phi) is 10.8. The molecule has 1 amide bonds. The highest BCUT2D eigenvalue weighted by Crippen LogP contribution is 2.46. The van der Waals surface area contributed by atoms with Crippen LogP contribution in [0.15, 0.2) is 76.1 Å². The average molecular weight is 797 g/mol. The Morgan fingerprint density at radius 3 is 2.19 bits per heavy atom. The van der Waals surface area contributed by atoms with Crippen molar-refractivity contribution < 1.29 is 41.0 Å². The van der Waals surface area contributed by atoms with E-state index in [-0.39, 0.29) is 41.3 Å². The molecule has 0 aromatic heterocycles. The first-order chi connectivity index (χ1) is 24.8. The van der Waals surface area contributed by atoms with E-state index < -0.39 is 61.8 Å². The zero-order chi connectivity index (χ0) is 37.3. The standard InChI is InChI=1S/C38H33BrF3N3O6S/c1-2-51-33-16-25(38(47)48)11-12-32(33)45(19-22-13-28(23-7-8-23)15-29(14-22)24-9-10-24)34(46)21-44(20-27-6-4-3-5-26(27)18-43)52(49,50)37-30(39)17-31(40)35(41)36(37)42/h3-6,11-17,23-24H,2,7-10,19-21H2,1H3,(H,47,48). The van der Waals surface area contributed by atoms with Crippen LogP contribution in [-0.4, -0.2) is 42.9 Å². The molecule has 0 radical (unpaired) electrons. The van der Waals surface area contributed by atoms with Crippen LogP contribution in [0.4, 0.5) is 18.9 Å². The number of carbonyl (C=O) groups excluding carboxylic acids is 1. The lowest BCUT2D eigenvalue weighted by atomic mass is 9.99. The molecule has 0 saturated heterocycles. The highest BCUT2D eigenvalue weighted by atomic mass is 79.9. The number of halogens is 4. The minimum Gasteiger partial charge on any atom is -0.492 e. The summed E-state index contributed by atoms with van der Waals surface area (Å²) in [7, 11) is -5.13. The Balaban J connectivity index is 1.47. The van der Waals surface area contributed by atoms with Crippen molar-refractivity contribution in [2.75, 3.05) is 18.1 Å². The minimum atomic E-state index is -5.13. The van der Waals surface area contributed by atoms with Gasteiger partial charge in [-0.15, -0.1) is 0 Å². The van der Waals surface area contributed by atoms with Crippen LogP contribution in [0.2, 0.25) is 0 Å². The summed E-state index contributed by atoms with van der Waals surface area (Å²) >= 11 is 2.85. The first-order valence-electron chi connectivity index (χ1n) is 16.6. The van der Waals surface area contributed by atoms with Crippen LogP contribution < -0.4 is 9.64 Å². The van der Waals surface area contributed by atoms with Crippen molar-refractivity contribution in [1.29, 1.82) is 5.26 Å². The fourth-order valence-electron chi connectivity index (χ4n) is 6.11. The molecule has 6 rings (SSSR count). The highest BCUT2D eigenvalue weighted by Gasteiger charge is 2.37. The quantitative estimate of drug-likeness (QED) is 0.101. The molecular weight excluding hydrogens is 763 g/mol. The molecule has 2 saturated carbocycles. The predicted molar refractivity (Wildman–Crippen MR) is 189 cm³/mol. The van der Waals surface area contributed by atoms with E-state index in [9.17, 15) is 37.2 Å². The van der Waals surface area contributed by atoms with Gasteiger partial charge in [-0.3, -0.25) is 4.79 Å². The van der Waals surface area contributed by atoms with E-state index in [1.54, 1.807) is 19.1 Å². The third-order valence-corrected chi connectivity index (χ3v) is 11.8. The maximum atomic E-state index is 15.3. The van der Waals surface area contributed by atoms with Crippen molar-refractivity contribution in [2.24, 2.45) is 0 Å². The van der Waals surface area contributed by atoms with Gasteiger partial charge in [0.05, 0.1) is 42.6 Å². The third kappa shape index (κ3) is 7.86. The normalized spacial score (nSPS) is 14.2. The second-order valence-corrected chi connectivity index (χ2v) is 15.5. The number of nitrogens with zero attached hydrogens (tertiary/aromatic N) is 3. The molecule has 9 nitrogen and oxygen atoms in total. The highest BCUT2D eigenvalue weighted by molar-refractivity contribution is 9.10. The van der Waals surface area contributed by atoms with Gasteiger partial charge in [-0.2, -0.15) is 9.57 Å². The Morgan fingerprint density at radius 1 is 0.942 bits per heavy atom. The van der Waals surface area contributed by atoms with Crippen molar-refractivity contribution >= 4 is 43.5 Å². The fraction of sp³-hybridized carbons (Fsp3) is 0.289. The molecule has 14 heteroatoms. The van der Waals surface area contributed by atoms with E-state index in [1.807, 2.05) is 18.2 Å². The number of nitriles is 1. The lowest BCUT2D eigenvalue weighted by molar-refractivity contribution is -0.119. The van der Waals surface area contributed by atoms with Gasteiger partial charge in [0.1, 0.15) is 10.6 Å². The van der Waals surface area contributed by atoms with Crippen molar-refractivity contribution in [3.05, 3.63) is 122 Å². The van der Waals surface area contributed by atoms with E-state index in [0.29, 0.717) is 22.2 Å². The summed E-state index contributed by atoms with van der Waals surface area (Å²) in [6, 6.07) is 18.6. The number of amides is 1. The first kappa shape index (κ1) is 37.1. The van der Waals surface area contributed by atoms with Gasteiger partial charge in [-0.05, 0) is 113 Å².